The summed E-state index contributed by atoms with van der Waals surface area (Å²) in [6.45, 7) is 1.75. The molecule has 3 N–H and O–H groups in total. The van der Waals surface area contributed by atoms with E-state index in [1.807, 2.05) is 0 Å². The number of nitrogens with one attached hydrogen (secondary N) is 2. The lowest BCUT2D eigenvalue weighted by atomic mass is 10.1. The molecule has 0 fully saturated rings. The first-order valence-corrected chi connectivity index (χ1v) is 5.71. The number of hydrogen-bond donors (Lipinski definition) is 3. The molecule has 0 saturated carbocycles. The molecule has 0 aliphatic carbocycles. The number of carboxylic acid groups (broad SMARTS) is 1. The second-order valence-corrected chi connectivity index (χ2v) is 3.92. The van der Waals surface area contributed by atoms with Crippen molar-refractivity contribution >= 4 is 17.9 Å². The van der Waals surface area contributed by atoms with Crippen LogP contribution in [0.5, 0.6) is 0 Å². The topological polar surface area (TPSA) is 108 Å². The Labute approximate surface area is 110 Å². The molecule has 0 bridgehead atoms. The van der Waals surface area contributed by atoms with Crippen molar-refractivity contribution in [3.05, 3.63) is 30.1 Å². The van der Waals surface area contributed by atoms with Crippen LogP contribution in [0.2, 0.25) is 0 Å². The van der Waals surface area contributed by atoms with Gasteiger partial charge in [0.15, 0.2) is 0 Å². The zero-order valence-corrected chi connectivity index (χ0v) is 10.4. The lowest BCUT2D eigenvalue weighted by molar-refractivity contribution is -0.138. The number of urea groups is 1. The van der Waals surface area contributed by atoms with E-state index in [4.69, 9.17) is 5.11 Å². The van der Waals surface area contributed by atoms with Gasteiger partial charge < -0.3 is 10.4 Å². The number of pyridine rings is 1. The maximum atomic E-state index is 11.5. The molecule has 0 saturated heterocycles. The van der Waals surface area contributed by atoms with E-state index < -0.39 is 17.9 Å². The first kappa shape index (κ1) is 14.6. The SMILES string of the molecule is CC(NC(=O)NC(=O)CCC(=O)O)c1cccnc1. The van der Waals surface area contributed by atoms with Crippen LogP contribution in [0.3, 0.4) is 0 Å². The van der Waals surface area contributed by atoms with Gasteiger partial charge in [0, 0.05) is 18.8 Å². The van der Waals surface area contributed by atoms with Crippen LogP contribution in [-0.4, -0.2) is 28.0 Å². The Morgan fingerprint density at radius 3 is 2.68 bits per heavy atom. The van der Waals surface area contributed by atoms with Crippen molar-refractivity contribution in [2.24, 2.45) is 0 Å². The fourth-order valence-electron chi connectivity index (χ4n) is 1.36. The van der Waals surface area contributed by atoms with Crippen molar-refractivity contribution in [2.75, 3.05) is 0 Å². The smallest absolute Gasteiger partial charge is 0.321 e. The highest BCUT2D eigenvalue weighted by atomic mass is 16.4. The van der Waals surface area contributed by atoms with Crippen molar-refractivity contribution in [3.63, 3.8) is 0 Å². The van der Waals surface area contributed by atoms with Gasteiger partial charge in [-0.3, -0.25) is 19.9 Å². The Morgan fingerprint density at radius 1 is 1.37 bits per heavy atom. The van der Waals surface area contributed by atoms with E-state index in [2.05, 4.69) is 15.6 Å². The normalized spacial score (nSPS) is 11.4. The number of imide groups is 1. The van der Waals surface area contributed by atoms with Crippen LogP contribution in [0.1, 0.15) is 31.4 Å². The van der Waals surface area contributed by atoms with Crippen LogP contribution in [0.15, 0.2) is 24.5 Å². The summed E-state index contributed by atoms with van der Waals surface area (Å²) in [5.74, 6) is -1.71. The van der Waals surface area contributed by atoms with Crippen LogP contribution in [0.25, 0.3) is 0 Å². The number of aromatic nitrogens is 1. The van der Waals surface area contributed by atoms with Gasteiger partial charge in [-0.15, -0.1) is 0 Å². The lowest BCUT2D eigenvalue weighted by Gasteiger charge is -2.13. The Kier molecular flexibility index (Phi) is 5.46. The Morgan fingerprint density at radius 2 is 2.11 bits per heavy atom. The van der Waals surface area contributed by atoms with Crippen molar-refractivity contribution in [2.45, 2.75) is 25.8 Å². The number of amides is 3. The van der Waals surface area contributed by atoms with Crippen LogP contribution in [0.4, 0.5) is 4.79 Å². The minimum Gasteiger partial charge on any atom is -0.481 e. The van der Waals surface area contributed by atoms with Gasteiger partial charge in [0.1, 0.15) is 0 Å². The highest BCUT2D eigenvalue weighted by Gasteiger charge is 2.12. The largest absolute Gasteiger partial charge is 0.481 e. The second-order valence-electron chi connectivity index (χ2n) is 3.92. The van der Waals surface area contributed by atoms with Crippen LogP contribution < -0.4 is 10.6 Å². The number of nitrogens with zero attached hydrogens (tertiary/aromatic N) is 1. The molecule has 1 unspecified atom stereocenters. The number of carbonyl (C=O) groups is 3. The van der Waals surface area contributed by atoms with E-state index in [1.54, 1.807) is 31.5 Å². The molecule has 7 heteroatoms. The molecular formula is C12H15N3O4. The van der Waals surface area contributed by atoms with E-state index in [0.29, 0.717) is 0 Å². The third kappa shape index (κ3) is 5.62. The van der Waals surface area contributed by atoms with Gasteiger partial charge in [0.25, 0.3) is 0 Å². The van der Waals surface area contributed by atoms with Gasteiger partial charge in [-0.2, -0.15) is 0 Å². The van der Waals surface area contributed by atoms with Crippen molar-refractivity contribution in [3.8, 4) is 0 Å². The van der Waals surface area contributed by atoms with Gasteiger partial charge in [-0.1, -0.05) is 6.07 Å². The van der Waals surface area contributed by atoms with Crippen molar-refractivity contribution in [1.82, 2.24) is 15.6 Å². The Hall–Kier alpha value is -2.44. The monoisotopic (exact) mass is 265 g/mol. The van der Waals surface area contributed by atoms with Gasteiger partial charge in [0.2, 0.25) is 5.91 Å². The molecule has 1 rings (SSSR count). The highest BCUT2D eigenvalue weighted by molar-refractivity contribution is 5.95. The minimum absolute atomic E-state index is 0.232. The average Bonchev–Trinajstić information content (AvgIpc) is 2.37. The number of aliphatic carboxylic acids is 1. The van der Waals surface area contributed by atoms with E-state index >= 15 is 0 Å². The first-order chi connectivity index (χ1) is 8.99. The predicted octanol–water partition coefficient (Wildman–Crippen LogP) is 0.833. The van der Waals surface area contributed by atoms with E-state index in [1.165, 1.54) is 0 Å². The number of carboxylic acids is 1. The molecular weight excluding hydrogens is 250 g/mol. The summed E-state index contributed by atoms with van der Waals surface area (Å²) in [6, 6.07) is 2.57. The van der Waals surface area contributed by atoms with E-state index in [0.717, 1.165) is 5.56 Å². The Bertz CT molecular complexity index is 461. The molecule has 0 aliphatic heterocycles. The molecule has 0 radical (unpaired) electrons. The quantitative estimate of drug-likeness (QED) is 0.730. The molecule has 1 aromatic heterocycles. The maximum Gasteiger partial charge on any atom is 0.321 e. The molecule has 19 heavy (non-hydrogen) atoms. The summed E-state index contributed by atoms with van der Waals surface area (Å²) >= 11 is 0. The van der Waals surface area contributed by atoms with Crippen LogP contribution >= 0.6 is 0 Å². The fourth-order valence-corrected chi connectivity index (χ4v) is 1.36. The van der Waals surface area contributed by atoms with E-state index in [9.17, 15) is 14.4 Å². The summed E-state index contributed by atoms with van der Waals surface area (Å²) in [5, 5.41) is 13.0. The summed E-state index contributed by atoms with van der Waals surface area (Å²) < 4.78 is 0. The molecule has 0 spiro atoms. The molecule has 1 atom stereocenters. The van der Waals surface area contributed by atoms with Gasteiger partial charge >= 0.3 is 12.0 Å². The highest BCUT2D eigenvalue weighted by Crippen LogP contribution is 2.09. The minimum atomic E-state index is -1.08. The van der Waals surface area contributed by atoms with Gasteiger partial charge in [-0.25, -0.2) is 4.79 Å². The molecule has 0 aromatic carbocycles. The van der Waals surface area contributed by atoms with Crippen LogP contribution in [0, 0.1) is 0 Å². The standard InChI is InChI=1S/C12H15N3O4/c1-8(9-3-2-6-13-7-9)14-12(19)15-10(16)4-5-11(17)18/h2-3,6-8H,4-5H2,1H3,(H,17,18)(H2,14,15,16,19). The molecule has 0 aliphatic rings. The zero-order chi connectivity index (χ0) is 14.3. The molecule has 1 aromatic rings. The van der Waals surface area contributed by atoms with E-state index in [-0.39, 0.29) is 18.9 Å². The number of rotatable bonds is 5. The van der Waals surface area contributed by atoms with Gasteiger partial charge in [-0.05, 0) is 18.6 Å². The van der Waals surface area contributed by atoms with Gasteiger partial charge in [0.05, 0.1) is 12.5 Å². The zero-order valence-electron chi connectivity index (χ0n) is 10.4. The first-order valence-electron chi connectivity index (χ1n) is 5.71. The summed E-state index contributed by atoms with van der Waals surface area (Å²) in [4.78, 5) is 36.9. The fraction of sp³-hybridized carbons (Fsp3) is 0.333. The van der Waals surface area contributed by atoms with Crippen molar-refractivity contribution in [1.29, 1.82) is 0 Å². The predicted molar refractivity (Wildman–Crippen MR) is 66.2 cm³/mol. The summed E-state index contributed by atoms with van der Waals surface area (Å²) in [5.41, 5.74) is 0.802. The molecule has 3 amide bonds. The summed E-state index contributed by atoms with van der Waals surface area (Å²) in [6.07, 6.45) is 2.68. The molecule has 102 valence electrons. The average molecular weight is 265 g/mol. The third-order valence-corrected chi connectivity index (χ3v) is 2.35. The Balaban J connectivity index is 2.39. The van der Waals surface area contributed by atoms with Crippen molar-refractivity contribution < 1.29 is 19.5 Å². The number of carbonyl (C=O) groups excluding carboxylic acids is 2. The third-order valence-electron chi connectivity index (χ3n) is 2.35. The lowest BCUT2D eigenvalue weighted by Crippen LogP contribution is -2.40. The maximum absolute atomic E-state index is 11.5. The summed E-state index contributed by atoms with van der Waals surface area (Å²) in [7, 11) is 0. The second kappa shape index (κ2) is 7.10. The molecule has 7 nitrogen and oxygen atoms in total. The number of hydrogen-bond acceptors (Lipinski definition) is 4. The van der Waals surface area contributed by atoms with Crippen LogP contribution in [-0.2, 0) is 9.59 Å². The molecule has 1 heterocycles.